The van der Waals surface area contributed by atoms with Crippen LogP contribution in [0.25, 0.3) is 0 Å². The van der Waals surface area contributed by atoms with E-state index < -0.39 is 0 Å². The van der Waals surface area contributed by atoms with E-state index in [1.165, 1.54) is 31.2 Å². The molecule has 0 atom stereocenters. The number of hydrogen-bond donors (Lipinski definition) is 1. The van der Waals surface area contributed by atoms with Crippen molar-refractivity contribution in [3.63, 3.8) is 0 Å². The summed E-state index contributed by atoms with van der Waals surface area (Å²) >= 11 is 0. The van der Waals surface area contributed by atoms with Crippen molar-refractivity contribution in [2.75, 3.05) is 20.8 Å². The minimum Gasteiger partial charge on any atom is -0.496 e. The lowest BCUT2D eigenvalue weighted by atomic mass is 10.1. The fourth-order valence-electron chi connectivity index (χ4n) is 2.97. The van der Waals surface area contributed by atoms with Gasteiger partial charge in [0.25, 0.3) is 0 Å². The van der Waals surface area contributed by atoms with E-state index in [-0.39, 0.29) is 0 Å². The zero-order valence-electron chi connectivity index (χ0n) is 12.3. The van der Waals surface area contributed by atoms with Gasteiger partial charge in [0.05, 0.1) is 14.2 Å². The van der Waals surface area contributed by atoms with Crippen LogP contribution in [0.3, 0.4) is 0 Å². The van der Waals surface area contributed by atoms with Gasteiger partial charge >= 0.3 is 0 Å². The Hall–Kier alpha value is -1.22. The van der Waals surface area contributed by atoms with Gasteiger partial charge in [-0.3, -0.25) is 0 Å². The van der Waals surface area contributed by atoms with E-state index in [2.05, 4.69) is 11.4 Å². The molecule has 1 aromatic rings. The highest BCUT2D eigenvalue weighted by Gasteiger charge is 2.15. The lowest BCUT2D eigenvalue weighted by molar-refractivity contribution is 0.384. The van der Waals surface area contributed by atoms with Crippen LogP contribution in [0.5, 0.6) is 11.5 Å². The fraction of sp³-hybridized carbons (Fsp3) is 0.625. The predicted octanol–water partition coefficient (Wildman–Crippen LogP) is 3.09. The first kappa shape index (κ1) is 14.2. The highest BCUT2D eigenvalue weighted by Crippen LogP contribution is 2.31. The number of nitrogens with one attached hydrogen (secondary N) is 1. The zero-order valence-corrected chi connectivity index (χ0v) is 12.3. The molecule has 0 saturated heterocycles. The predicted molar refractivity (Wildman–Crippen MR) is 78.2 cm³/mol. The van der Waals surface area contributed by atoms with Gasteiger partial charge in [-0.05, 0) is 44.4 Å². The van der Waals surface area contributed by atoms with Gasteiger partial charge in [0.2, 0.25) is 0 Å². The smallest absolute Gasteiger partial charge is 0.128 e. The molecule has 0 bridgehead atoms. The number of rotatable bonds is 6. The number of ether oxygens (including phenoxy) is 2. The average Bonchev–Trinajstić information content (AvgIpc) is 2.92. The second-order valence-corrected chi connectivity index (χ2v) is 5.27. The Bertz CT molecular complexity index is 411. The molecule has 1 aromatic carbocycles. The molecule has 0 heterocycles. The molecule has 2 rings (SSSR count). The van der Waals surface area contributed by atoms with E-state index in [1.807, 2.05) is 13.0 Å². The Kier molecular flexibility index (Phi) is 5.08. The first-order chi connectivity index (χ1) is 9.26. The summed E-state index contributed by atoms with van der Waals surface area (Å²) in [5, 5.41) is 3.64. The number of methoxy groups -OCH3 is 2. The van der Waals surface area contributed by atoms with Crippen molar-refractivity contribution in [2.24, 2.45) is 0 Å². The van der Waals surface area contributed by atoms with E-state index in [0.717, 1.165) is 36.1 Å². The summed E-state index contributed by atoms with van der Waals surface area (Å²) in [5.74, 6) is 1.86. The Balaban J connectivity index is 1.97. The SMILES string of the molecule is COc1ccc(CCNC2CCCC2)c(OC)c1C. The van der Waals surface area contributed by atoms with Crippen molar-refractivity contribution in [1.82, 2.24) is 5.32 Å². The van der Waals surface area contributed by atoms with Gasteiger partial charge < -0.3 is 14.8 Å². The van der Waals surface area contributed by atoms with Gasteiger partial charge in [-0.15, -0.1) is 0 Å². The maximum atomic E-state index is 5.53. The van der Waals surface area contributed by atoms with Crippen molar-refractivity contribution in [3.8, 4) is 11.5 Å². The molecular formula is C16H25NO2. The van der Waals surface area contributed by atoms with Crippen molar-refractivity contribution in [1.29, 1.82) is 0 Å². The first-order valence-corrected chi connectivity index (χ1v) is 7.20. The quantitative estimate of drug-likeness (QED) is 0.855. The summed E-state index contributed by atoms with van der Waals surface area (Å²) in [6, 6.07) is 4.87. The van der Waals surface area contributed by atoms with Crippen molar-refractivity contribution in [3.05, 3.63) is 23.3 Å². The second-order valence-electron chi connectivity index (χ2n) is 5.27. The summed E-state index contributed by atoms with van der Waals surface area (Å²) < 4.78 is 10.9. The molecular weight excluding hydrogens is 238 g/mol. The largest absolute Gasteiger partial charge is 0.496 e. The summed E-state index contributed by atoms with van der Waals surface area (Å²) in [7, 11) is 3.43. The molecule has 3 nitrogen and oxygen atoms in total. The van der Waals surface area contributed by atoms with Crippen LogP contribution in [0.2, 0.25) is 0 Å². The van der Waals surface area contributed by atoms with E-state index in [4.69, 9.17) is 9.47 Å². The number of hydrogen-bond acceptors (Lipinski definition) is 3. The highest BCUT2D eigenvalue weighted by molar-refractivity contribution is 5.49. The molecule has 19 heavy (non-hydrogen) atoms. The molecule has 1 N–H and O–H groups in total. The lowest BCUT2D eigenvalue weighted by Gasteiger charge is -2.16. The maximum absolute atomic E-state index is 5.53. The fourth-order valence-corrected chi connectivity index (χ4v) is 2.97. The highest BCUT2D eigenvalue weighted by atomic mass is 16.5. The van der Waals surface area contributed by atoms with Crippen molar-refractivity contribution >= 4 is 0 Å². The maximum Gasteiger partial charge on any atom is 0.128 e. The molecule has 106 valence electrons. The van der Waals surface area contributed by atoms with Crippen molar-refractivity contribution < 1.29 is 9.47 Å². The average molecular weight is 263 g/mol. The first-order valence-electron chi connectivity index (χ1n) is 7.20. The molecule has 0 spiro atoms. The third-order valence-corrected chi connectivity index (χ3v) is 4.04. The molecule has 0 unspecified atom stereocenters. The summed E-state index contributed by atoms with van der Waals surface area (Å²) in [6.07, 6.45) is 6.42. The molecule has 1 aliphatic carbocycles. The minimum atomic E-state index is 0.727. The molecule has 0 amide bonds. The second kappa shape index (κ2) is 6.80. The van der Waals surface area contributed by atoms with E-state index in [0.29, 0.717) is 0 Å². The zero-order chi connectivity index (χ0) is 13.7. The van der Waals surface area contributed by atoms with Crippen LogP contribution >= 0.6 is 0 Å². The van der Waals surface area contributed by atoms with Gasteiger partial charge in [-0.1, -0.05) is 18.9 Å². The molecule has 1 saturated carbocycles. The third-order valence-electron chi connectivity index (χ3n) is 4.04. The van der Waals surface area contributed by atoms with Gasteiger partial charge in [0, 0.05) is 11.6 Å². The third kappa shape index (κ3) is 3.41. The normalized spacial score (nSPS) is 15.7. The minimum absolute atomic E-state index is 0.727. The molecule has 0 aliphatic heterocycles. The van der Waals surface area contributed by atoms with Crippen LogP contribution in [0, 0.1) is 6.92 Å². The van der Waals surface area contributed by atoms with Gasteiger partial charge in [0.15, 0.2) is 0 Å². The molecule has 0 radical (unpaired) electrons. The van der Waals surface area contributed by atoms with E-state index >= 15 is 0 Å². The topological polar surface area (TPSA) is 30.5 Å². The van der Waals surface area contributed by atoms with E-state index in [9.17, 15) is 0 Å². The number of benzene rings is 1. The Labute approximate surface area is 116 Å². The summed E-state index contributed by atoms with van der Waals surface area (Å²) in [4.78, 5) is 0. The molecule has 3 heteroatoms. The van der Waals surface area contributed by atoms with Crippen LogP contribution in [-0.4, -0.2) is 26.8 Å². The molecule has 1 fully saturated rings. The molecule has 1 aliphatic rings. The van der Waals surface area contributed by atoms with Crippen LogP contribution < -0.4 is 14.8 Å². The summed E-state index contributed by atoms with van der Waals surface area (Å²) in [6.45, 7) is 3.07. The Morgan fingerprint density at radius 3 is 2.53 bits per heavy atom. The van der Waals surface area contributed by atoms with Crippen LogP contribution in [0.4, 0.5) is 0 Å². The van der Waals surface area contributed by atoms with Crippen LogP contribution in [0.1, 0.15) is 36.8 Å². The Morgan fingerprint density at radius 1 is 1.16 bits per heavy atom. The van der Waals surface area contributed by atoms with Gasteiger partial charge in [-0.25, -0.2) is 0 Å². The van der Waals surface area contributed by atoms with E-state index in [1.54, 1.807) is 14.2 Å². The van der Waals surface area contributed by atoms with Gasteiger partial charge in [0.1, 0.15) is 11.5 Å². The Morgan fingerprint density at radius 2 is 1.89 bits per heavy atom. The standard InChI is InChI=1S/C16H25NO2/c1-12-15(18-2)9-8-13(16(12)19-3)10-11-17-14-6-4-5-7-14/h8-9,14,17H,4-7,10-11H2,1-3H3. The summed E-state index contributed by atoms with van der Waals surface area (Å²) in [5.41, 5.74) is 2.34. The molecule has 0 aromatic heterocycles. The van der Waals surface area contributed by atoms with Crippen LogP contribution in [-0.2, 0) is 6.42 Å². The van der Waals surface area contributed by atoms with Crippen LogP contribution in [0.15, 0.2) is 12.1 Å². The van der Waals surface area contributed by atoms with Crippen molar-refractivity contribution in [2.45, 2.75) is 45.1 Å². The monoisotopic (exact) mass is 263 g/mol. The van der Waals surface area contributed by atoms with Gasteiger partial charge in [-0.2, -0.15) is 0 Å². The lowest BCUT2D eigenvalue weighted by Crippen LogP contribution is -2.28.